The van der Waals surface area contributed by atoms with Crippen molar-refractivity contribution in [1.29, 1.82) is 0 Å². The zero-order valence-corrected chi connectivity index (χ0v) is 13.1. The van der Waals surface area contributed by atoms with E-state index in [4.69, 9.17) is 4.74 Å². The smallest absolute Gasteiger partial charge is 0.0945 e. The van der Waals surface area contributed by atoms with Crippen LogP contribution in [0.25, 0.3) is 0 Å². The van der Waals surface area contributed by atoms with E-state index >= 15 is 0 Å². The summed E-state index contributed by atoms with van der Waals surface area (Å²) < 4.78 is 5.49. The van der Waals surface area contributed by atoms with Crippen LogP contribution < -0.4 is 5.32 Å². The molecular weight excluding hydrogens is 250 g/mol. The number of ether oxygens (including phenoxy) is 1. The third kappa shape index (κ3) is 6.40. The standard InChI is InChI=1S/C17H29NO2/c1-4-5-6-7-11-20-13-16(19)12-18-17-10-8-9-14(2)15(17)3/h8-10,16,18-19H,4-7,11-13H2,1-3H3. The first-order valence-corrected chi connectivity index (χ1v) is 7.71. The van der Waals surface area contributed by atoms with Crippen molar-refractivity contribution in [2.45, 2.75) is 52.6 Å². The van der Waals surface area contributed by atoms with Gasteiger partial charge in [0.05, 0.1) is 12.7 Å². The molecule has 114 valence electrons. The van der Waals surface area contributed by atoms with Gasteiger partial charge in [-0.25, -0.2) is 0 Å². The molecule has 20 heavy (non-hydrogen) atoms. The van der Waals surface area contributed by atoms with E-state index < -0.39 is 6.10 Å². The van der Waals surface area contributed by atoms with Crippen molar-refractivity contribution in [3.63, 3.8) is 0 Å². The fourth-order valence-electron chi connectivity index (χ4n) is 2.08. The average molecular weight is 279 g/mol. The zero-order chi connectivity index (χ0) is 14.8. The van der Waals surface area contributed by atoms with Crippen LogP contribution in [0.1, 0.15) is 43.7 Å². The summed E-state index contributed by atoms with van der Waals surface area (Å²) in [6.07, 6.45) is 4.35. The molecule has 0 amide bonds. The van der Waals surface area contributed by atoms with Crippen molar-refractivity contribution in [2.24, 2.45) is 0 Å². The van der Waals surface area contributed by atoms with Crippen LogP contribution >= 0.6 is 0 Å². The molecule has 1 aromatic rings. The molecule has 0 saturated carbocycles. The summed E-state index contributed by atoms with van der Waals surface area (Å²) in [5, 5.41) is 13.2. The van der Waals surface area contributed by atoms with E-state index in [1.54, 1.807) is 0 Å². The lowest BCUT2D eigenvalue weighted by molar-refractivity contribution is 0.0416. The largest absolute Gasteiger partial charge is 0.389 e. The lowest BCUT2D eigenvalue weighted by Gasteiger charge is -2.15. The van der Waals surface area contributed by atoms with E-state index in [0.29, 0.717) is 13.2 Å². The van der Waals surface area contributed by atoms with Gasteiger partial charge in [0.15, 0.2) is 0 Å². The molecule has 1 rings (SSSR count). The maximum Gasteiger partial charge on any atom is 0.0945 e. The maximum atomic E-state index is 9.89. The van der Waals surface area contributed by atoms with E-state index in [1.165, 1.54) is 30.4 Å². The number of nitrogens with one attached hydrogen (secondary N) is 1. The Bertz CT molecular complexity index is 379. The van der Waals surface area contributed by atoms with Crippen molar-refractivity contribution < 1.29 is 9.84 Å². The van der Waals surface area contributed by atoms with Gasteiger partial charge in [-0.15, -0.1) is 0 Å². The molecule has 3 heteroatoms. The number of hydrogen-bond donors (Lipinski definition) is 2. The molecule has 0 aliphatic carbocycles. The van der Waals surface area contributed by atoms with Crippen LogP contribution in [0.5, 0.6) is 0 Å². The molecule has 3 nitrogen and oxygen atoms in total. The SMILES string of the molecule is CCCCCCOCC(O)CNc1cccc(C)c1C. The van der Waals surface area contributed by atoms with Crippen LogP contribution in [-0.4, -0.2) is 31.0 Å². The fourth-order valence-corrected chi connectivity index (χ4v) is 2.08. The second kappa shape index (κ2) is 9.78. The van der Waals surface area contributed by atoms with Gasteiger partial charge in [0, 0.05) is 18.8 Å². The Morgan fingerprint density at radius 1 is 1.20 bits per heavy atom. The van der Waals surface area contributed by atoms with E-state index in [2.05, 4.69) is 32.2 Å². The second-order valence-electron chi connectivity index (χ2n) is 5.42. The van der Waals surface area contributed by atoms with E-state index in [0.717, 1.165) is 18.7 Å². The van der Waals surface area contributed by atoms with Crippen LogP contribution in [0.4, 0.5) is 5.69 Å². The summed E-state index contributed by atoms with van der Waals surface area (Å²) >= 11 is 0. The molecule has 0 fully saturated rings. The molecule has 0 radical (unpaired) electrons. The first-order valence-electron chi connectivity index (χ1n) is 7.71. The number of anilines is 1. The second-order valence-corrected chi connectivity index (χ2v) is 5.42. The number of hydrogen-bond acceptors (Lipinski definition) is 3. The van der Waals surface area contributed by atoms with Crippen LogP contribution in [-0.2, 0) is 4.74 Å². The summed E-state index contributed by atoms with van der Waals surface area (Å²) in [4.78, 5) is 0. The van der Waals surface area contributed by atoms with Gasteiger partial charge in [0.2, 0.25) is 0 Å². The molecule has 1 unspecified atom stereocenters. The number of rotatable bonds is 10. The predicted molar refractivity (Wildman–Crippen MR) is 85.4 cm³/mol. The lowest BCUT2D eigenvalue weighted by Crippen LogP contribution is -2.25. The lowest BCUT2D eigenvalue weighted by atomic mass is 10.1. The van der Waals surface area contributed by atoms with Crippen LogP contribution in [0.3, 0.4) is 0 Å². The van der Waals surface area contributed by atoms with Gasteiger partial charge in [-0.2, -0.15) is 0 Å². The zero-order valence-electron chi connectivity index (χ0n) is 13.1. The highest BCUT2D eigenvalue weighted by Gasteiger charge is 2.06. The van der Waals surface area contributed by atoms with Gasteiger partial charge in [-0.1, -0.05) is 38.3 Å². The van der Waals surface area contributed by atoms with Gasteiger partial charge < -0.3 is 15.2 Å². The van der Waals surface area contributed by atoms with Crippen molar-refractivity contribution >= 4 is 5.69 Å². The normalized spacial score (nSPS) is 12.4. The molecule has 0 bridgehead atoms. The molecule has 1 aromatic carbocycles. The minimum Gasteiger partial charge on any atom is -0.389 e. The molecule has 1 atom stereocenters. The summed E-state index contributed by atoms with van der Waals surface area (Å²) in [5.74, 6) is 0. The minimum absolute atomic E-state index is 0.407. The van der Waals surface area contributed by atoms with Gasteiger partial charge in [0.1, 0.15) is 0 Å². The average Bonchev–Trinajstić information content (AvgIpc) is 2.44. The Balaban J connectivity index is 2.16. The maximum absolute atomic E-state index is 9.89. The third-order valence-electron chi connectivity index (χ3n) is 3.59. The van der Waals surface area contributed by atoms with Gasteiger partial charge in [0.25, 0.3) is 0 Å². The van der Waals surface area contributed by atoms with Crippen LogP contribution in [0.15, 0.2) is 18.2 Å². The van der Waals surface area contributed by atoms with Crippen molar-refractivity contribution in [2.75, 3.05) is 25.1 Å². The molecule has 0 aliphatic heterocycles. The van der Waals surface area contributed by atoms with Crippen molar-refractivity contribution in [1.82, 2.24) is 0 Å². The van der Waals surface area contributed by atoms with Crippen molar-refractivity contribution in [3.05, 3.63) is 29.3 Å². The summed E-state index contributed by atoms with van der Waals surface area (Å²) in [5.41, 5.74) is 3.59. The third-order valence-corrected chi connectivity index (χ3v) is 3.59. The molecule has 0 heterocycles. The molecule has 0 saturated heterocycles. The highest BCUT2D eigenvalue weighted by molar-refractivity contribution is 5.53. The van der Waals surface area contributed by atoms with Crippen LogP contribution in [0, 0.1) is 13.8 Å². The van der Waals surface area contributed by atoms with Gasteiger partial charge >= 0.3 is 0 Å². The summed E-state index contributed by atoms with van der Waals surface area (Å²) in [6, 6.07) is 6.16. The molecule has 0 spiro atoms. The fraction of sp³-hybridized carbons (Fsp3) is 0.647. The number of aliphatic hydroxyl groups is 1. The Morgan fingerprint density at radius 2 is 2.00 bits per heavy atom. The highest BCUT2D eigenvalue weighted by atomic mass is 16.5. The van der Waals surface area contributed by atoms with Gasteiger partial charge in [-0.3, -0.25) is 0 Å². The minimum atomic E-state index is -0.457. The Labute approximate surface area is 123 Å². The first-order chi connectivity index (χ1) is 9.65. The number of benzene rings is 1. The number of unbranched alkanes of at least 4 members (excludes halogenated alkanes) is 3. The van der Waals surface area contributed by atoms with E-state index in [9.17, 15) is 5.11 Å². The summed E-state index contributed by atoms with van der Waals surface area (Å²) in [6.45, 7) is 8.07. The topological polar surface area (TPSA) is 41.5 Å². The molecule has 0 aromatic heterocycles. The monoisotopic (exact) mass is 279 g/mol. The molecule has 0 aliphatic rings. The van der Waals surface area contributed by atoms with E-state index in [1.807, 2.05) is 12.1 Å². The molecule has 2 N–H and O–H groups in total. The number of aryl methyl sites for hydroxylation is 1. The quantitative estimate of drug-likeness (QED) is 0.642. The summed E-state index contributed by atoms with van der Waals surface area (Å²) in [7, 11) is 0. The van der Waals surface area contributed by atoms with E-state index in [-0.39, 0.29) is 0 Å². The van der Waals surface area contributed by atoms with Gasteiger partial charge in [-0.05, 0) is 37.5 Å². The Kier molecular flexibility index (Phi) is 8.31. The first kappa shape index (κ1) is 17.0. The number of aliphatic hydroxyl groups excluding tert-OH is 1. The van der Waals surface area contributed by atoms with Crippen LogP contribution in [0.2, 0.25) is 0 Å². The Hall–Kier alpha value is -1.06. The highest BCUT2D eigenvalue weighted by Crippen LogP contribution is 2.17. The Morgan fingerprint density at radius 3 is 2.75 bits per heavy atom. The van der Waals surface area contributed by atoms with Crippen molar-refractivity contribution in [3.8, 4) is 0 Å². The molecular formula is C17H29NO2. The predicted octanol–water partition coefficient (Wildman–Crippen LogP) is 3.67.